The molecule has 3 aliphatic rings. The summed E-state index contributed by atoms with van der Waals surface area (Å²) in [6.07, 6.45) is 0. The monoisotopic (exact) mass is 1670 g/mol. The minimum absolute atomic E-state index is 0.144. The molecule has 0 N–H and O–H groups in total. The summed E-state index contributed by atoms with van der Waals surface area (Å²) in [7, 11) is 0. The SMILES string of the molecule is CC1(C)c2ccc(-c3nc(-c4ccccc4)c4oc5ccccc5c4n3)cc2-c2ccc3oc4ccccc4c3c21.CC1(C)c2ccccc2-c2c(-c3nc(-c4cccc5oc6ccccc6c45)c4ccccc4n3)cc3oc4ccccc4c3c21.CC1(C)c2ccccc2-c2ccc3oc4c(-c5nc(-c6ccccc6)c6cc(-c7ccccc7)ccc6n5)cccc4c3c21. The fraction of sp³-hybridized carbons (Fsp3) is 0.0756. The summed E-state index contributed by atoms with van der Waals surface area (Å²) >= 11 is 0. The number of benzene rings is 17. The fourth-order valence-electron chi connectivity index (χ4n) is 21.7. The Kier molecular flexibility index (Phi) is 16.3. The van der Waals surface area contributed by atoms with Gasteiger partial charge in [-0.1, -0.05) is 321 Å². The Bertz CT molecular complexity index is 9100. The molecule has 0 bridgehead atoms. The van der Waals surface area contributed by atoms with Gasteiger partial charge < -0.3 is 22.1 Å². The Morgan fingerprint density at radius 1 is 0.200 bits per heavy atom. The first-order chi connectivity index (χ1) is 63.7. The van der Waals surface area contributed by atoms with Crippen LogP contribution >= 0.6 is 0 Å². The summed E-state index contributed by atoms with van der Waals surface area (Å²) in [4.78, 5) is 31.3. The van der Waals surface area contributed by atoms with Crippen LogP contribution in [0.5, 0.6) is 0 Å². The van der Waals surface area contributed by atoms with Gasteiger partial charge in [-0.25, -0.2) is 29.9 Å². The first kappa shape index (κ1) is 74.9. The molecular weight excluding hydrogens is 1590 g/mol. The van der Waals surface area contributed by atoms with Gasteiger partial charge >= 0.3 is 0 Å². The molecule has 25 aromatic rings. The van der Waals surface area contributed by atoms with Crippen LogP contribution in [0, 0.1) is 0 Å². The zero-order chi connectivity index (χ0) is 86.6. The second-order valence-electron chi connectivity index (χ2n) is 36.1. The van der Waals surface area contributed by atoms with Gasteiger partial charge in [0.05, 0.1) is 28.0 Å². The highest BCUT2D eigenvalue weighted by Gasteiger charge is 2.43. The fourth-order valence-corrected chi connectivity index (χ4v) is 21.7. The first-order valence-corrected chi connectivity index (χ1v) is 44.4. The van der Waals surface area contributed by atoms with Crippen molar-refractivity contribution in [2.24, 2.45) is 0 Å². The Morgan fingerprint density at radius 3 is 1.32 bits per heavy atom. The van der Waals surface area contributed by atoms with E-state index in [1.54, 1.807) is 0 Å². The standard InChI is InChI=1S/C41H26N2O2.C41H28N2O.C37H24N2O2/c1-41(2)29-17-7-3-12-23(29)36-28(22-34-37(38(36)41)26-15-6-10-20-32(26)45-34)40-42-30-18-8-4-13-24(30)39(43-40)27-16-11-21-33-35(27)25-14-5-9-19-31(25)44-33;1-41(2)33-19-10-9-16-28(33)29-21-23-35-36(37(29)41)30-17-11-18-31(39(30)44-35)40-42-34-22-20-27(25-12-5-3-6-13-25)24-32(34)38(43-40)26-14-7-4-8-15-26;1-37(2)27-18-16-22(20-26(27)23-17-19-30-31(32(23)37)24-12-6-8-14-28(24)40-30)36-38-33(21-10-4-3-5-11-21)35-34(39-36)25-13-7-9-15-29(25)41-35/h3-22H,1-2H3;3-24H,1-2H3;3-20H,1-2H3. The Hall–Kier alpha value is -16.5. The van der Waals surface area contributed by atoms with Gasteiger partial charge in [0, 0.05) is 103 Å². The summed E-state index contributed by atoms with van der Waals surface area (Å²) in [6, 6.07) is 126. The zero-order valence-corrected chi connectivity index (χ0v) is 71.9. The lowest BCUT2D eigenvalue weighted by molar-refractivity contribution is 0.657. The van der Waals surface area contributed by atoms with E-state index in [4.69, 9.17) is 52.0 Å². The van der Waals surface area contributed by atoms with Crippen molar-refractivity contribution in [2.45, 2.75) is 57.8 Å². The van der Waals surface area contributed by atoms with E-state index >= 15 is 0 Å². The third kappa shape index (κ3) is 11.2. The molecule has 130 heavy (non-hydrogen) atoms. The number of furan rings is 5. The van der Waals surface area contributed by atoms with Crippen LogP contribution in [-0.2, 0) is 16.2 Å². The van der Waals surface area contributed by atoms with E-state index in [1.165, 1.54) is 88.5 Å². The Labute approximate surface area is 746 Å². The lowest BCUT2D eigenvalue weighted by Gasteiger charge is -2.22. The third-order valence-electron chi connectivity index (χ3n) is 27.6. The van der Waals surface area contributed by atoms with Crippen LogP contribution in [-0.4, -0.2) is 29.9 Å². The van der Waals surface area contributed by atoms with Crippen LogP contribution in [0.3, 0.4) is 0 Å². The molecule has 3 aliphatic carbocycles. The maximum atomic E-state index is 6.71. The second kappa shape index (κ2) is 28.3. The van der Waals surface area contributed by atoms with E-state index in [9.17, 15) is 0 Å². The smallest absolute Gasteiger partial charge is 0.180 e. The first-order valence-electron chi connectivity index (χ1n) is 44.4. The predicted octanol–water partition coefficient (Wildman–Crippen LogP) is 31.8. The molecule has 614 valence electrons. The average Bonchev–Trinajstić information content (AvgIpc) is 1.54. The van der Waals surface area contributed by atoms with Crippen LogP contribution in [0.1, 0.15) is 74.9 Å². The maximum Gasteiger partial charge on any atom is 0.180 e. The van der Waals surface area contributed by atoms with E-state index in [0.717, 1.165) is 166 Å². The van der Waals surface area contributed by atoms with Crippen molar-refractivity contribution in [2.75, 3.05) is 0 Å². The number of aromatic nitrogens is 6. The molecule has 17 aromatic carbocycles. The second-order valence-corrected chi connectivity index (χ2v) is 36.1. The topological polar surface area (TPSA) is 143 Å². The molecular formula is C119H78N6O5. The highest BCUT2D eigenvalue weighted by Crippen LogP contribution is 2.59. The highest BCUT2D eigenvalue weighted by atomic mass is 16.3. The van der Waals surface area contributed by atoms with Gasteiger partial charge in [0.1, 0.15) is 61.5 Å². The van der Waals surface area contributed by atoms with E-state index < -0.39 is 0 Å². The van der Waals surface area contributed by atoms with Crippen molar-refractivity contribution >= 4 is 132 Å². The summed E-state index contributed by atoms with van der Waals surface area (Å²) in [5.41, 5.74) is 36.8. The lowest BCUT2D eigenvalue weighted by Crippen LogP contribution is -2.15. The molecule has 0 spiro atoms. The number of rotatable bonds is 7. The summed E-state index contributed by atoms with van der Waals surface area (Å²) in [6.45, 7) is 13.9. The lowest BCUT2D eigenvalue weighted by atomic mass is 9.80. The van der Waals surface area contributed by atoms with E-state index in [-0.39, 0.29) is 16.2 Å². The molecule has 28 rings (SSSR count). The molecule has 11 heteroatoms. The largest absolute Gasteiger partial charge is 0.456 e. The van der Waals surface area contributed by atoms with Crippen LogP contribution in [0.15, 0.2) is 386 Å². The number of fused-ring (bicyclic) bond motifs is 29. The minimum Gasteiger partial charge on any atom is -0.456 e. The maximum absolute atomic E-state index is 6.71. The molecule has 8 aromatic heterocycles. The number of hydrogen-bond acceptors (Lipinski definition) is 11. The van der Waals surface area contributed by atoms with Crippen molar-refractivity contribution < 1.29 is 22.1 Å². The molecule has 0 saturated heterocycles. The molecule has 8 heterocycles. The van der Waals surface area contributed by atoms with Crippen molar-refractivity contribution in [3.63, 3.8) is 0 Å². The molecule has 0 radical (unpaired) electrons. The highest BCUT2D eigenvalue weighted by molar-refractivity contribution is 6.19. The quantitative estimate of drug-likeness (QED) is 0.150. The summed E-state index contributed by atoms with van der Waals surface area (Å²) in [5, 5.41) is 12.1. The number of hydrogen-bond donors (Lipinski definition) is 0. The van der Waals surface area contributed by atoms with Gasteiger partial charge in [-0.05, 0) is 163 Å². The van der Waals surface area contributed by atoms with Crippen molar-refractivity contribution in [1.82, 2.24) is 29.9 Å². The Morgan fingerprint density at radius 2 is 0.638 bits per heavy atom. The van der Waals surface area contributed by atoms with E-state index in [1.807, 2.05) is 97.1 Å². The number of para-hydroxylation sites is 6. The van der Waals surface area contributed by atoms with Gasteiger partial charge in [0.15, 0.2) is 23.1 Å². The molecule has 0 unspecified atom stereocenters. The van der Waals surface area contributed by atoms with Crippen molar-refractivity contribution in [1.29, 1.82) is 0 Å². The van der Waals surface area contributed by atoms with Gasteiger partial charge in [0.2, 0.25) is 0 Å². The normalized spacial score (nSPS) is 13.6. The number of nitrogens with zero attached hydrogens (tertiary/aromatic N) is 6. The van der Waals surface area contributed by atoms with Crippen LogP contribution in [0.4, 0.5) is 0 Å². The third-order valence-corrected chi connectivity index (χ3v) is 27.6. The molecule has 0 saturated carbocycles. The van der Waals surface area contributed by atoms with Gasteiger partial charge in [-0.2, -0.15) is 0 Å². The van der Waals surface area contributed by atoms with Crippen molar-refractivity contribution in [3.05, 3.63) is 397 Å². The minimum atomic E-state index is -0.242. The average molecular weight is 1670 g/mol. The molecule has 0 atom stereocenters. The molecule has 0 fully saturated rings. The molecule has 0 amide bonds. The zero-order valence-electron chi connectivity index (χ0n) is 71.9. The van der Waals surface area contributed by atoms with E-state index in [2.05, 4.69) is 308 Å². The van der Waals surface area contributed by atoms with Crippen LogP contribution in [0.25, 0.3) is 244 Å². The Balaban J connectivity index is 0.000000103. The summed E-state index contributed by atoms with van der Waals surface area (Å²) in [5.74, 6) is 2.03. The molecule has 0 aliphatic heterocycles. The van der Waals surface area contributed by atoms with Gasteiger partial charge in [-0.15, -0.1) is 0 Å². The predicted molar refractivity (Wildman–Crippen MR) is 528 cm³/mol. The van der Waals surface area contributed by atoms with Gasteiger partial charge in [0.25, 0.3) is 0 Å². The van der Waals surface area contributed by atoms with Crippen LogP contribution < -0.4 is 0 Å². The van der Waals surface area contributed by atoms with Crippen LogP contribution in [0.2, 0.25) is 0 Å². The molecule has 11 nitrogen and oxygen atoms in total. The van der Waals surface area contributed by atoms with Crippen molar-refractivity contribution in [3.8, 4) is 112 Å². The summed E-state index contributed by atoms with van der Waals surface area (Å²) < 4.78 is 32.1. The van der Waals surface area contributed by atoms with Gasteiger partial charge in [-0.3, -0.25) is 0 Å². The van der Waals surface area contributed by atoms with E-state index in [0.29, 0.717) is 23.1 Å².